The molecule has 1 heterocycles. The van der Waals surface area contributed by atoms with Crippen molar-refractivity contribution in [1.82, 2.24) is 5.32 Å². The third kappa shape index (κ3) is 5.15. The van der Waals surface area contributed by atoms with Gasteiger partial charge in [0, 0.05) is 12.1 Å². The molecule has 0 radical (unpaired) electrons. The van der Waals surface area contributed by atoms with Gasteiger partial charge in [-0.3, -0.25) is 9.59 Å². The summed E-state index contributed by atoms with van der Waals surface area (Å²) in [5.41, 5.74) is 1.26. The molecule has 1 unspecified atom stereocenters. The quantitative estimate of drug-likeness (QED) is 0.636. The highest BCUT2D eigenvalue weighted by Crippen LogP contribution is 2.20. The van der Waals surface area contributed by atoms with E-state index in [1.807, 2.05) is 30.3 Å². The molecule has 2 amide bonds. The summed E-state index contributed by atoms with van der Waals surface area (Å²) in [7, 11) is 0. The number of hydrogen-bond donors (Lipinski definition) is 2. The first kappa shape index (κ1) is 19.1. The van der Waals surface area contributed by atoms with Crippen LogP contribution in [0.15, 0.2) is 66.0 Å². The normalized spacial score (nSPS) is 11.6. The fourth-order valence-corrected chi connectivity index (χ4v) is 3.31. The highest BCUT2D eigenvalue weighted by atomic mass is 35.5. The minimum atomic E-state index is -0.800. The number of carbonyl (C=O) groups is 2. The molecule has 2 aromatic carbocycles. The third-order valence-corrected chi connectivity index (χ3v) is 4.99. The van der Waals surface area contributed by atoms with Gasteiger partial charge in [0.05, 0.1) is 9.90 Å². The number of carbonyl (C=O) groups excluding carboxylic acids is 2. The molecule has 138 valence electrons. The van der Waals surface area contributed by atoms with Crippen LogP contribution in [0, 0.1) is 5.82 Å². The number of hydrogen-bond acceptors (Lipinski definition) is 3. The first-order valence-corrected chi connectivity index (χ1v) is 9.43. The Morgan fingerprint density at radius 1 is 1.07 bits per heavy atom. The average molecular weight is 403 g/mol. The Bertz CT molecular complexity index is 932. The number of benzene rings is 2. The lowest BCUT2D eigenvalue weighted by Gasteiger charge is -2.18. The summed E-state index contributed by atoms with van der Waals surface area (Å²) in [6, 6.07) is 16.0. The van der Waals surface area contributed by atoms with Gasteiger partial charge in [-0.15, -0.1) is 11.3 Å². The standard InChI is InChI=1S/C20H16ClFN2O2S/c21-15-12-14(8-9-16(15)22)23-19(25)17(11-13-5-2-1-3-6-13)24-20(26)18-7-4-10-27-18/h1-10,12,17H,11H2,(H,23,25)(H,24,26). The van der Waals surface area contributed by atoms with Crippen molar-refractivity contribution in [3.63, 3.8) is 0 Å². The van der Waals surface area contributed by atoms with Crippen molar-refractivity contribution in [3.05, 3.63) is 87.3 Å². The van der Waals surface area contributed by atoms with Crippen LogP contribution in [0.5, 0.6) is 0 Å². The second kappa shape index (κ2) is 8.79. The van der Waals surface area contributed by atoms with Crippen molar-refractivity contribution < 1.29 is 14.0 Å². The summed E-state index contributed by atoms with van der Waals surface area (Å²) >= 11 is 7.06. The fraction of sp³-hybridized carbons (Fsp3) is 0.100. The molecule has 7 heteroatoms. The van der Waals surface area contributed by atoms with E-state index in [-0.39, 0.29) is 10.9 Å². The van der Waals surface area contributed by atoms with Gasteiger partial charge in [0.1, 0.15) is 11.9 Å². The summed E-state index contributed by atoms with van der Waals surface area (Å²) in [6.07, 6.45) is 0.318. The van der Waals surface area contributed by atoms with Gasteiger partial charge in [0.2, 0.25) is 5.91 Å². The van der Waals surface area contributed by atoms with E-state index in [2.05, 4.69) is 10.6 Å². The van der Waals surface area contributed by atoms with Crippen molar-refractivity contribution >= 4 is 40.4 Å². The Morgan fingerprint density at radius 2 is 1.85 bits per heavy atom. The van der Waals surface area contributed by atoms with Gasteiger partial charge >= 0.3 is 0 Å². The highest BCUT2D eigenvalue weighted by molar-refractivity contribution is 7.12. The monoisotopic (exact) mass is 402 g/mol. The molecule has 1 aromatic heterocycles. The molecule has 0 bridgehead atoms. The van der Waals surface area contributed by atoms with Crippen molar-refractivity contribution in [1.29, 1.82) is 0 Å². The largest absolute Gasteiger partial charge is 0.339 e. The molecule has 0 aliphatic heterocycles. The van der Waals surface area contributed by atoms with E-state index in [4.69, 9.17) is 11.6 Å². The smallest absolute Gasteiger partial charge is 0.262 e. The Labute approximate surface area is 165 Å². The lowest BCUT2D eigenvalue weighted by atomic mass is 10.0. The molecule has 3 aromatic rings. The molecule has 0 aliphatic carbocycles. The van der Waals surface area contributed by atoms with Crippen LogP contribution >= 0.6 is 22.9 Å². The van der Waals surface area contributed by atoms with Gasteiger partial charge in [0.15, 0.2) is 0 Å². The molecule has 0 aliphatic rings. The van der Waals surface area contributed by atoms with E-state index in [1.165, 1.54) is 29.5 Å². The summed E-state index contributed by atoms with van der Waals surface area (Å²) in [5, 5.41) is 7.15. The summed E-state index contributed by atoms with van der Waals surface area (Å²) in [5.74, 6) is -1.30. The van der Waals surface area contributed by atoms with E-state index in [9.17, 15) is 14.0 Å². The molecule has 0 saturated heterocycles. The zero-order chi connectivity index (χ0) is 19.2. The minimum Gasteiger partial charge on any atom is -0.339 e. The summed E-state index contributed by atoms with van der Waals surface area (Å²) < 4.78 is 13.3. The van der Waals surface area contributed by atoms with Crippen molar-refractivity contribution in [2.45, 2.75) is 12.5 Å². The maximum atomic E-state index is 13.3. The predicted molar refractivity (Wildman–Crippen MR) is 106 cm³/mol. The lowest BCUT2D eigenvalue weighted by Crippen LogP contribution is -2.45. The second-order valence-electron chi connectivity index (χ2n) is 5.81. The Morgan fingerprint density at radius 3 is 2.52 bits per heavy atom. The molecule has 0 fully saturated rings. The van der Waals surface area contributed by atoms with Gasteiger partial charge in [-0.05, 0) is 35.2 Å². The van der Waals surface area contributed by atoms with Crippen molar-refractivity contribution in [3.8, 4) is 0 Å². The van der Waals surface area contributed by atoms with Crippen LogP contribution in [0.1, 0.15) is 15.2 Å². The van der Waals surface area contributed by atoms with Gasteiger partial charge < -0.3 is 10.6 Å². The first-order chi connectivity index (χ1) is 13.0. The van der Waals surface area contributed by atoms with Crippen LogP contribution < -0.4 is 10.6 Å². The SMILES string of the molecule is O=C(NC(Cc1ccccc1)C(=O)Nc1ccc(F)c(Cl)c1)c1cccs1. The number of nitrogens with one attached hydrogen (secondary N) is 2. The topological polar surface area (TPSA) is 58.2 Å². The van der Waals surface area contributed by atoms with E-state index < -0.39 is 17.8 Å². The van der Waals surface area contributed by atoms with Gasteiger partial charge in [-0.25, -0.2) is 4.39 Å². The number of halogens is 2. The van der Waals surface area contributed by atoms with E-state index in [0.29, 0.717) is 17.0 Å². The predicted octanol–water partition coefficient (Wildman–Crippen LogP) is 4.52. The van der Waals surface area contributed by atoms with E-state index in [0.717, 1.165) is 5.56 Å². The first-order valence-electron chi connectivity index (χ1n) is 8.17. The highest BCUT2D eigenvalue weighted by Gasteiger charge is 2.22. The maximum absolute atomic E-state index is 13.3. The maximum Gasteiger partial charge on any atom is 0.262 e. The van der Waals surface area contributed by atoms with Crippen molar-refractivity contribution in [2.24, 2.45) is 0 Å². The summed E-state index contributed by atoms with van der Waals surface area (Å²) in [4.78, 5) is 25.7. The molecule has 4 nitrogen and oxygen atoms in total. The molecule has 0 saturated carbocycles. The minimum absolute atomic E-state index is 0.0879. The second-order valence-corrected chi connectivity index (χ2v) is 7.17. The van der Waals surface area contributed by atoms with Gasteiger partial charge in [-0.1, -0.05) is 48.0 Å². The lowest BCUT2D eigenvalue weighted by molar-refractivity contribution is -0.118. The zero-order valence-corrected chi connectivity index (χ0v) is 15.7. The van der Waals surface area contributed by atoms with Crippen LogP contribution in [0.4, 0.5) is 10.1 Å². The van der Waals surface area contributed by atoms with Crippen LogP contribution in [-0.4, -0.2) is 17.9 Å². The Hall–Kier alpha value is -2.70. The molecule has 1 atom stereocenters. The number of rotatable bonds is 6. The summed E-state index contributed by atoms with van der Waals surface area (Å²) in [6.45, 7) is 0. The Balaban J connectivity index is 1.77. The number of amides is 2. The molecule has 3 rings (SSSR count). The van der Waals surface area contributed by atoms with Gasteiger partial charge in [-0.2, -0.15) is 0 Å². The van der Waals surface area contributed by atoms with Crippen LogP contribution in [0.3, 0.4) is 0 Å². The van der Waals surface area contributed by atoms with Gasteiger partial charge in [0.25, 0.3) is 5.91 Å². The molecular formula is C20H16ClFN2O2S. The average Bonchev–Trinajstić information content (AvgIpc) is 3.20. The molecular weight excluding hydrogens is 387 g/mol. The Kier molecular flexibility index (Phi) is 6.21. The fourth-order valence-electron chi connectivity index (χ4n) is 2.50. The van der Waals surface area contributed by atoms with Crippen LogP contribution in [0.2, 0.25) is 5.02 Å². The van der Waals surface area contributed by atoms with Crippen molar-refractivity contribution in [2.75, 3.05) is 5.32 Å². The van der Waals surface area contributed by atoms with E-state index in [1.54, 1.807) is 17.5 Å². The van der Waals surface area contributed by atoms with E-state index >= 15 is 0 Å². The number of anilines is 1. The molecule has 27 heavy (non-hydrogen) atoms. The number of thiophene rings is 1. The van der Waals surface area contributed by atoms with Crippen LogP contribution in [0.25, 0.3) is 0 Å². The van der Waals surface area contributed by atoms with Crippen LogP contribution in [-0.2, 0) is 11.2 Å². The molecule has 0 spiro atoms. The third-order valence-electron chi connectivity index (χ3n) is 3.84. The molecule has 2 N–H and O–H groups in total. The zero-order valence-electron chi connectivity index (χ0n) is 14.1.